The van der Waals surface area contributed by atoms with E-state index in [0.717, 1.165) is 17.6 Å². The fourth-order valence-electron chi connectivity index (χ4n) is 3.51. The maximum Gasteiger partial charge on any atom is 0.290 e. The molecule has 4 rings (SSSR count). The fourth-order valence-corrected chi connectivity index (χ4v) is 3.51. The van der Waals surface area contributed by atoms with Gasteiger partial charge >= 0.3 is 0 Å². The number of benzene rings is 1. The van der Waals surface area contributed by atoms with E-state index in [1.54, 1.807) is 4.90 Å². The summed E-state index contributed by atoms with van der Waals surface area (Å²) in [4.78, 5) is 31.7. The average molecular weight is 411 g/mol. The standard InChI is InChI=1S/C20H20FN5O.CH2O2/c1-13(2)17-19-23-18(14-6-4-3-5-7-14)24-26(19)9-8-25(17)20(27)15-10-16(21)12-22-11-15;2-1-3/h3-7,10-13,17H,8-9H2,1-2H3;1H,(H,2,3)/t17-;/m0./s1. The first-order valence-electron chi connectivity index (χ1n) is 9.45. The summed E-state index contributed by atoms with van der Waals surface area (Å²) in [6.07, 6.45) is 2.49. The molecule has 9 heteroatoms. The van der Waals surface area contributed by atoms with Gasteiger partial charge in [0.05, 0.1) is 24.3 Å². The van der Waals surface area contributed by atoms with Gasteiger partial charge in [-0.1, -0.05) is 44.2 Å². The smallest absolute Gasteiger partial charge is 0.290 e. The van der Waals surface area contributed by atoms with Gasteiger partial charge in [-0.05, 0) is 12.0 Å². The Morgan fingerprint density at radius 3 is 2.57 bits per heavy atom. The quantitative estimate of drug-likeness (QED) is 0.665. The molecule has 30 heavy (non-hydrogen) atoms. The van der Waals surface area contributed by atoms with E-state index in [1.165, 1.54) is 12.3 Å². The third-order valence-corrected chi connectivity index (χ3v) is 4.73. The number of pyridine rings is 1. The zero-order valence-corrected chi connectivity index (χ0v) is 16.6. The van der Waals surface area contributed by atoms with Crippen LogP contribution < -0.4 is 0 Å². The van der Waals surface area contributed by atoms with Gasteiger partial charge in [-0.2, -0.15) is 5.10 Å². The van der Waals surface area contributed by atoms with Crippen molar-refractivity contribution in [2.75, 3.05) is 6.54 Å². The number of carbonyl (C=O) groups excluding carboxylic acids is 1. The molecule has 1 aromatic carbocycles. The number of carbonyl (C=O) groups is 2. The van der Waals surface area contributed by atoms with E-state index in [-0.39, 0.29) is 29.9 Å². The Morgan fingerprint density at radius 2 is 1.93 bits per heavy atom. The van der Waals surface area contributed by atoms with E-state index < -0.39 is 5.82 Å². The van der Waals surface area contributed by atoms with E-state index >= 15 is 0 Å². The maximum atomic E-state index is 13.5. The Hall–Kier alpha value is -3.62. The highest BCUT2D eigenvalue weighted by Gasteiger charge is 2.36. The van der Waals surface area contributed by atoms with Crippen LogP contribution in [0.2, 0.25) is 0 Å². The van der Waals surface area contributed by atoms with Crippen LogP contribution in [-0.2, 0) is 11.3 Å². The topological polar surface area (TPSA) is 101 Å². The minimum atomic E-state index is -0.520. The van der Waals surface area contributed by atoms with Crippen LogP contribution in [0.1, 0.15) is 36.1 Å². The zero-order valence-electron chi connectivity index (χ0n) is 16.6. The van der Waals surface area contributed by atoms with Crippen molar-refractivity contribution in [3.63, 3.8) is 0 Å². The van der Waals surface area contributed by atoms with Crippen LogP contribution in [0, 0.1) is 11.7 Å². The van der Waals surface area contributed by atoms with Crippen LogP contribution in [-0.4, -0.2) is 48.7 Å². The number of hydrogen-bond donors (Lipinski definition) is 1. The van der Waals surface area contributed by atoms with Gasteiger partial charge < -0.3 is 10.0 Å². The monoisotopic (exact) mass is 411 g/mol. The van der Waals surface area contributed by atoms with Crippen LogP contribution in [0.3, 0.4) is 0 Å². The second-order valence-electron chi connectivity index (χ2n) is 7.07. The Kier molecular flexibility index (Phi) is 6.51. The third-order valence-electron chi connectivity index (χ3n) is 4.73. The number of hydrogen-bond acceptors (Lipinski definition) is 5. The lowest BCUT2D eigenvalue weighted by Crippen LogP contribution is -2.44. The molecule has 3 heterocycles. The number of fused-ring (bicyclic) bond motifs is 1. The molecule has 2 aromatic heterocycles. The molecular formula is C21H22FN5O3. The highest BCUT2D eigenvalue weighted by molar-refractivity contribution is 5.94. The van der Waals surface area contributed by atoms with Gasteiger partial charge in [0.2, 0.25) is 0 Å². The van der Waals surface area contributed by atoms with Crippen molar-refractivity contribution in [1.82, 2.24) is 24.6 Å². The molecule has 0 radical (unpaired) electrons. The van der Waals surface area contributed by atoms with Crippen molar-refractivity contribution in [2.45, 2.75) is 26.4 Å². The molecule has 0 bridgehead atoms. The summed E-state index contributed by atoms with van der Waals surface area (Å²) in [5.41, 5.74) is 1.19. The highest BCUT2D eigenvalue weighted by atomic mass is 19.1. The molecule has 1 atom stereocenters. The molecule has 3 aromatic rings. The van der Waals surface area contributed by atoms with E-state index in [2.05, 4.69) is 10.1 Å². The molecule has 0 saturated heterocycles. The molecule has 1 aliphatic heterocycles. The number of rotatable bonds is 3. The summed E-state index contributed by atoms with van der Waals surface area (Å²) in [6, 6.07) is 10.8. The summed E-state index contributed by atoms with van der Waals surface area (Å²) < 4.78 is 15.4. The molecule has 1 aliphatic rings. The summed E-state index contributed by atoms with van der Waals surface area (Å²) in [5.74, 6) is 0.776. The van der Waals surface area contributed by atoms with Crippen molar-refractivity contribution < 1.29 is 19.1 Å². The summed E-state index contributed by atoms with van der Waals surface area (Å²) in [5, 5.41) is 11.5. The van der Waals surface area contributed by atoms with Crippen molar-refractivity contribution in [2.24, 2.45) is 5.92 Å². The van der Waals surface area contributed by atoms with Crippen molar-refractivity contribution in [3.05, 3.63) is 66.0 Å². The van der Waals surface area contributed by atoms with Gasteiger partial charge in [-0.25, -0.2) is 14.1 Å². The Labute approximate surface area is 173 Å². The first-order valence-corrected chi connectivity index (χ1v) is 9.45. The van der Waals surface area contributed by atoms with Crippen LogP contribution >= 0.6 is 0 Å². The Bertz CT molecular complexity index is 1020. The molecule has 0 unspecified atom stereocenters. The van der Waals surface area contributed by atoms with E-state index in [4.69, 9.17) is 14.9 Å². The highest BCUT2D eigenvalue weighted by Crippen LogP contribution is 2.33. The largest absolute Gasteiger partial charge is 0.483 e. The second kappa shape index (κ2) is 9.25. The summed E-state index contributed by atoms with van der Waals surface area (Å²) in [7, 11) is 0. The van der Waals surface area contributed by atoms with Crippen molar-refractivity contribution in [3.8, 4) is 11.4 Å². The lowest BCUT2D eigenvalue weighted by molar-refractivity contribution is -0.122. The Morgan fingerprint density at radius 1 is 1.23 bits per heavy atom. The first-order chi connectivity index (χ1) is 14.5. The number of aromatic nitrogens is 4. The number of amides is 1. The molecule has 156 valence electrons. The Balaban J connectivity index is 0.000000806. The third kappa shape index (κ3) is 4.35. The van der Waals surface area contributed by atoms with Crippen molar-refractivity contribution >= 4 is 12.4 Å². The van der Waals surface area contributed by atoms with Gasteiger partial charge in [0.15, 0.2) is 11.6 Å². The van der Waals surface area contributed by atoms with Crippen LogP contribution in [0.4, 0.5) is 4.39 Å². The minimum absolute atomic E-state index is 0.127. The SMILES string of the molecule is CC(C)[C@H]1c2nc(-c3ccccc3)nn2CCN1C(=O)c1cncc(F)c1.O=CO. The molecular weight excluding hydrogens is 389 g/mol. The summed E-state index contributed by atoms with van der Waals surface area (Å²) >= 11 is 0. The first kappa shape index (κ1) is 21.1. The van der Waals surface area contributed by atoms with E-state index in [9.17, 15) is 9.18 Å². The zero-order chi connectivity index (χ0) is 21.7. The molecule has 0 saturated carbocycles. The molecule has 8 nitrogen and oxygen atoms in total. The van der Waals surface area contributed by atoms with E-state index in [1.807, 2.05) is 48.9 Å². The van der Waals surface area contributed by atoms with Crippen molar-refractivity contribution in [1.29, 1.82) is 0 Å². The lowest BCUT2D eigenvalue weighted by atomic mass is 9.99. The second-order valence-corrected chi connectivity index (χ2v) is 7.07. The van der Waals surface area contributed by atoms with Gasteiger partial charge in [0.25, 0.3) is 12.4 Å². The maximum absolute atomic E-state index is 13.5. The van der Waals surface area contributed by atoms with E-state index in [0.29, 0.717) is 18.9 Å². The van der Waals surface area contributed by atoms with Gasteiger partial charge in [-0.15, -0.1) is 0 Å². The minimum Gasteiger partial charge on any atom is -0.483 e. The average Bonchev–Trinajstić information content (AvgIpc) is 3.18. The van der Waals surface area contributed by atoms with Crippen LogP contribution in [0.15, 0.2) is 48.8 Å². The molecule has 0 fully saturated rings. The van der Waals surface area contributed by atoms with Gasteiger partial charge in [0.1, 0.15) is 5.82 Å². The van der Waals surface area contributed by atoms with Crippen LogP contribution in [0.25, 0.3) is 11.4 Å². The number of halogens is 1. The molecule has 1 amide bonds. The predicted octanol–water partition coefficient (Wildman–Crippen LogP) is 3.03. The normalized spacial score (nSPS) is 15.2. The molecule has 0 spiro atoms. The van der Waals surface area contributed by atoms with Crippen LogP contribution in [0.5, 0.6) is 0 Å². The van der Waals surface area contributed by atoms with Gasteiger partial charge in [0, 0.05) is 18.3 Å². The number of carboxylic acid groups (broad SMARTS) is 1. The number of nitrogens with zero attached hydrogens (tertiary/aromatic N) is 5. The van der Waals surface area contributed by atoms with Gasteiger partial charge in [-0.3, -0.25) is 14.6 Å². The molecule has 1 N–H and O–H groups in total. The molecule has 0 aliphatic carbocycles. The summed E-state index contributed by atoms with van der Waals surface area (Å²) in [6.45, 7) is 4.87. The predicted molar refractivity (Wildman–Crippen MR) is 107 cm³/mol. The fraction of sp³-hybridized carbons (Fsp3) is 0.286. The lowest BCUT2D eigenvalue weighted by Gasteiger charge is -2.37.